The summed E-state index contributed by atoms with van der Waals surface area (Å²) in [5, 5.41) is 7.77. The number of hydrogen-bond acceptors (Lipinski definition) is 5. The topological polar surface area (TPSA) is 107 Å². The van der Waals surface area contributed by atoms with E-state index in [4.69, 9.17) is 4.74 Å². The van der Waals surface area contributed by atoms with E-state index in [1.165, 1.54) is 12.3 Å². The maximum atomic E-state index is 13.8. The van der Waals surface area contributed by atoms with Crippen molar-refractivity contribution in [2.75, 3.05) is 7.11 Å². The molecule has 0 saturated heterocycles. The molecule has 10 heteroatoms. The van der Waals surface area contributed by atoms with E-state index in [0.717, 1.165) is 11.1 Å². The van der Waals surface area contributed by atoms with Gasteiger partial charge in [-0.15, -0.1) is 0 Å². The Bertz CT molecular complexity index is 1600. The van der Waals surface area contributed by atoms with Crippen molar-refractivity contribution in [2.24, 2.45) is 0 Å². The van der Waals surface area contributed by atoms with Crippen molar-refractivity contribution in [3.8, 4) is 0 Å². The Morgan fingerprint density at radius 3 is 2.65 bits per heavy atom. The number of H-pyrrole nitrogens is 1. The maximum Gasteiger partial charge on any atom is 0.255 e. The Morgan fingerprint density at radius 1 is 1.11 bits per heavy atom. The SMILES string of the molecule is COCc1nn(Cc2ccc(Cn3ccccc3=O)cc2)cc1C(=O)NCc1cnc2[nH]cc(F)c2c1. The maximum absolute atomic E-state index is 13.8. The minimum Gasteiger partial charge on any atom is -0.378 e. The van der Waals surface area contributed by atoms with Crippen LogP contribution < -0.4 is 10.9 Å². The van der Waals surface area contributed by atoms with Gasteiger partial charge in [0.1, 0.15) is 17.2 Å². The lowest BCUT2D eigenvalue weighted by molar-refractivity contribution is 0.0946. The number of carbonyl (C=O) groups excluding carboxylic acids is 1. The van der Waals surface area contributed by atoms with Crippen LogP contribution in [0.4, 0.5) is 4.39 Å². The van der Waals surface area contributed by atoms with Gasteiger partial charge in [0.05, 0.1) is 30.6 Å². The van der Waals surface area contributed by atoms with Crippen LogP contribution in [0.5, 0.6) is 0 Å². The highest BCUT2D eigenvalue weighted by molar-refractivity contribution is 5.95. The van der Waals surface area contributed by atoms with Gasteiger partial charge >= 0.3 is 0 Å². The van der Waals surface area contributed by atoms with Crippen molar-refractivity contribution in [1.82, 2.24) is 29.6 Å². The molecule has 4 heterocycles. The third kappa shape index (κ3) is 5.49. The van der Waals surface area contributed by atoms with Gasteiger partial charge in [0.2, 0.25) is 0 Å². The molecule has 1 aromatic carbocycles. The van der Waals surface area contributed by atoms with Gasteiger partial charge in [-0.25, -0.2) is 9.37 Å². The Balaban J connectivity index is 1.26. The summed E-state index contributed by atoms with van der Waals surface area (Å²) in [6, 6.07) is 14.6. The second-order valence-corrected chi connectivity index (χ2v) is 8.66. The number of nitrogens with one attached hydrogen (secondary N) is 2. The van der Waals surface area contributed by atoms with Gasteiger partial charge in [-0.05, 0) is 28.8 Å². The Labute approximate surface area is 211 Å². The zero-order valence-corrected chi connectivity index (χ0v) is 20.1. The number of hydrogen-bond donors (Lipinski definition) is 2. The molecule has 0 spiro atoms. The standard InChI is InChI=1S/C27H25FN6O3/c1-37-17-24-22(27(36)31-12-20-10-21-23(28)13-30-26(21)29-11-20)16-34(32-24)15-19-7-5-18(6-8-19)14-33-9-3-2-4-25(33)35/h2-11,13,16H,12,14-15,17H2,1H3,(H,29,30)(H,31,36). The summed E-state index contributed by atoms with van der Waals surface area (Å²) in [6.45, 7) is 1.32. The zero-order chi connectivity index (χ0) is 25.8. The minimum absolute atomic E-state index is 0.0481. The summed E-state index contributed by atoms with van der Waals surface area (Å²) in [5.41, 5.74) is 4.01. The molecule has 5 rings (SSSR count). The van der Waals surface area contributed by atoms with Crippen molar-refractivity contribution in [3.63, 3.8) is 0 Å². The third-order valence-corrected chi connectivity index (χ3v) is 5.97. The fraction of sp³-hybridized carbons (Fsp3) is 0.185. The molecule has 0 radical (unpaired) electrons. The van der Waals surface area contributed by atoms with Gasteiger partial charge in [0.15, 0.2) is 0 Å². The average Bonchev–Trinajstić information content (AvgIpc) is 3.48. The molecule has 4 aromatic heterocycles. The number of pyridine rings is 2. The summed E-state index contributed by atoms with van der Waals surface area (Å²) in [7, 11) is 1.55. The fourth-order valence-corrected chi connectivity index (χ4v) is 4.09. The van der Waals surface area contributed by atoms with Gasteiger partial charge in [-0.3, -0.25) is 14.3 Å². The number of amides is 1. The van der Waals surface area contributed by atoms with Crippen LogP contribution >= 0.6 is 0 Å². The van der Waals surface area contributed by atoms with Gasteiger partial charge in [-0.1, -0.05) is 30.3 Å². The molecule has 2 N–H and O–H groups in total. The van der Waals surface area contributed by atoms with Gasteiger partial charge in [-0.2, -0.15) is 5.10 Å². The number of fused-ring (bicyclic) bond motifs is 1. The molecule has 5 aromatic rings. The lowest BCUT2D eigenvalue weighted by Crippen LogP contribution is -2.23. The molecule has 1 amide bonds. The van der Waals surface area contributed by atoms with Crippen molar-refractivity contribution < 1.29 is 13.9 Å². The quantitative estimate of drug-likeness (QED) is 0.323. The molecular weight excluding hydrogens is 475 g/mol. The van der Waals surface area contributed by atoms with E-state index in [9.17, 15) is 14.0 Å². The van der Waals surface area contributed by atoms with Crippen molar-refractivity contribution in [1.29, 1.82) is 0 Å². The van der Waals surface area contributed by atoms with Crippen LogP contribution in [-0.2, 0) is 31.0 Å². The summed E-state index contributed by atoms with van der Waals surface area (Å²) in [6.07, 6.45) is 6.30. The van der Waals surface area contributed by atoms with Gasteiger partial charge < -0.3 is 19.6 Å². The molecule has 0 fully saturated rings. The summed E-state index contributed by atoms with van der Waals surface area (Å²) in [4.78, 5) is 31.8. The lowest BCUT2D eigenvalue weighted by atomic mass is 10.1. The van der Waals surface area contributed by atoms with Crippen LogP contribution in [0, 0.1) is 5.82 Å². The molecule has 188 valence electrons. The molecule has 0 atom stereocenters. The highest BCUT2D eigenvalue weighted by Crippen LogP contribution is 2.17. The molecule has 37 heavy (non-hydrogen) atoms. The summed E-state index contributed by atoms with van der Waals surface area (Å²) < 4.78 is 22.4. The van der Waals surface area contributed by atoms with Crippen LogP contribution in [0.2, 0.25) is 0 Å². The number of aromatic amines is 1. The van der Waals surface area contributed by atoms with Crippen molar-refractivity contribution >= 4 is 16.9 Å². The lowest BCUT2D eigenvalue weighted by Gasteiger charge is -2.07. The van der Waals surface area contributed by atoms with Crippen LogP contribution in [0.3, 0.4) is 0 Å². The molecule has 9 nitrogen and oxygen atoms in total. The first-order valence-corrected chi connectivity index (χ1v) is 11.7. The third-order valence-electron chi connectivity index (χ3n) is 5.97. The summed E-state index contributed by atoms with van der Waals surface area (Å²) >= 11 is 0. The monoisotopic (exact) mass is 500 g/mol. The largest absolute Gasteiger partial charge is 0.378 e. The number of rotatable bonds is 9. The van der Waals surface area contributed by atoms with Crippen molar-refractivity contribution in [3.05, 3.63) is 117 Å². The summed E-state index contributed by atoms with van der Waals surface area (Å²) in [5.74, 6) is -0.696. The van der Waals surface area contributed by atoms with Crippen LogP contribution in [0.1, 0.15) is 32.7 Å². The number of halogens is 1. The molecule has 0 bridgehead atoms. The smallest absolute Gasteiger partial charge is 0.255 e. The van der Waals surface area contributed by atoms with Gasteiger partial charge in [0, 0.05) is 44.5 Å². The van der Waals surface area contributed by atoms with Crippen LogP contribution in [0.15, 0.2) is 78.1 Å². The second kappa shape index (κ2) is 10.6. The van der Waals surface area contributed by atoms with E-state index in [0.29, 0.717) is 40.9 Å². The number of aromatic nitrogens is 5. The highest BCUT2D eigenvalue weighted by atomic mass is 19.1. The fourth-order valence-electron chi connectivity index (χ4n) is 4.09. The van der Waals surface area contributed by atoms with E-state index in [2.05, 4.69) is 20.4 Å². The van der Waals surface area contributed by atoms with Crippen LogP contribution in [-0.4, -0.2) is 37.3 Å². The minimum atomic E-state index is -0.388. The van der Waals surface area contributed by atoms with E-state index in [1.54, 1.807) is 47.1 Å². The normalized spacial score (nSPS) is 11.2. The molecule has 0 saturated carbocycles. The molecule has 0 aliphatic heterocycles. The second-order valence-electron chi connectivity index (χ2n) is 8.66. The van der Waals surface area contributed by atoms with Crippen LogP contribution in [0.25, 0.3) is 11.0 Å². The predicted octanol–water partition coefficient (Wildman–Crippen LogP) is 3.23. The highest BCUT2D eigenvalue weighted by Gasteiger charge is 2.17. The van der Waals surface area contributed by atoms with E-state index < -0.39 is 0 Å². The van der Waals surface area contributed by atoms with E-state index in [1.807, 2.05) is 30.3 Å². The number of methoxy groups -OCH3 is 1. The molecule has 0 aliphatic rings. The van der Waals surface area contributed by atoms with Gasteiger partial charge in [0.25, 0.3) is 11.5 Å². The Hall–Kier alpha value is -4.57. The molecule has 0 aliphatic carbocycles. The number of ether oxygens (including phenoxy) is 1. The number of nitrogens with zero attached hydrogens (tertiary/aromatic N) is 4. The molecular formula is C27H25FN6O3. The first kappa shape index (κ1) is 24.1. The van der Waals surface area contributed by atoms with E-state index in [-0.39, 0.29) is 30.4 Å². The first-order chi connectivity index (χ1) is 18.0. The number of benzene rings is 1. The average molecular weight is 501 g/mol. The Morgan fingerprint density at radius 2 is 1.89 bits per heavy atom. The zero-order valence-electron chi connectivity index (χ0n) is 20.1. The van der Waals surface area contributed by atoms with Crippen molar-refractivity contribution in [2.45, 2.75) is 26.2 Å². The Kier molecular flexibility index (Phi) is 6.91. The van der Waals surface area contributed by atoms with E-state index >= 15 is 0 Å². The number of carbonyl (C=O) groups is 1. The molecule has 0 unspecified atom stereocenters. The first-order valence-electron chi connectivity index (χ1n) is 11.7. The predicted molar refractivity (Wildman–Crippen MR) is 136 cm³/mol.